The summed E-state index contributed by atoms with van der Waals surface area (Å²) < 4.78 is 0. The third-order valence-corrected chi connectivity index (χ3v) is 5.28. The fourth-order valence-electron chi connectivity index (χ4n) is 3.57. The summed E-state index contributed by atoms with van der Waals surface area (Å²) in [6.45, 7) is 10.3. The van der Waals surface area contributed by atoms with Crippen LogP contribution in [0.5, 0.6) is 0 Å². The SMILES string of the molecule is CCNC(c1ccc(Cl)cc1)C(C)(CC)N1CCCCC1. The van der Waals surface area contributed by atoms with Gasteiger partial charge in [-0.1, -0.05) is 44.0 Å². The van der Waals surface area contributed by atoms with E-state index in [2.05, 4.69) is 43.1 Å². The van der Waals surface area contributed by atoms with Crippen LogP contribution in [0.2, 0.25) is 5.02 Å². The van der Waals surface area contributed by atoms with Gasteiger partial charge in [0.25, 0.3) is 0 Å². The molecule has 2 unspecified atom stereocenters. The molecule has 2 atom stereocenters. The number of hydrogen-bond donors (Lipinski definition) is 1. The van der Waals surface area contributed by atoms with Crippen LogP contribution in [0.4, 0.5) is 0 Å². The Balaban J connectivity index is 2.30. The monoisotopic (exact) mass is 308 g/mol. The number of likely N-dealkylation sites (tertiary alicyclic amines) is 1. The molecule has 0 spiro atoms. The lowest BCUT2D eigenvalue weighted by molar-refractivity contribution is 0.0429. The highest BCUT2D eigenvalue weighted by Gasteiger charge is 2.39. The van der Waals surface area contributed by atoms with Crippen molar-refractivity contribution in [2.24, 2.45) is 0 Å². The van der Waals surface area contributed by atoms with Gasteiger partial charge in [0.15, 0.2) is 0 Å². The number of halogens is 1. The summed E-state index contributed by atoms with van der Waals surface area (Å²) in [7, 11) is 0. The zero-order valence-electron chi connectivity index (χ0n) is 13.7. The molecular formula is C18H29ClN2. The van der Waals surface area contributed by atoms with Crippen molar-refractivity contribution in [3.63, 3.8) is 0 Å². The minimum absolute atomic E-state index is 0.157. The van der Waals surface area contributed by atoms with E-state index in [9.17, 15) is 0 Å². The van der Waals surface area contributed by atoms with E-state index in [1.807, 2.05) is 12.1 Å². The van der Waals surface area contributed by atoms with Crippen molar-refractivity contribution < 1.29 is 0 Å². The number of likely N-dealkylation sites (N-methyl/N-ethyl adjacent to an activating group) is 1. The lowest BCUT2D eigenvalue weighted by atomic mass is 9.81. The zero-order valence-corrected chi connectivity index (χ0v) is 14.4. The number of hydrogen-bond acceptors (Lipinski definition) is 2. The lowest BCUT2D eigenvalue weighted by Crippen LogP contribution is -2.55. The fourth-order valence-corrected chi connectivity index (χ4v) is 3.70. The molecule has 1 heterocycles. The van der Waals surface area contributed by atoms with Gasteiger partial charge in [-0.15, -0.1) is 0 Å². The van der Waals surface area contributed by atoms with Crippen molar-refractivity contribution >= 4 is 11.6 Å². The first-order valence-corrected chi connectivity index (χ1v) is 8.73. The molecule has 21 heavy (non-hydrogen) atoms. The maximum atomic E-state index is 6.06. The molecule has 1 aromatic rings. The highest BCUT2D eigenvalue weighted by molar-refractivity contribution is 6.30. The molecule has 118 valence electrons. The van der Waals surface area contributed by atoms with E-state index >= 15 is 0 Å². The summed E-state index contributed by atoms with van der Waals surface area (Å²) in [6, 6.07) is 8.71. The smallest absolute Gasteiger partial charge is 0.0504 e. The van der Waals surface area contributed by atoms with Gasteiger partial charge >= 0.3 is 0 Å². The Morgan fingerprint density at radius 1 is 1.14 bits per heavy atom. The number of nitrogens with one attached hydrogen (secondary N) is 1. The molecule has 1 aromatic carbocycles. The minimum atomic E-state index is 0.157. The van der Waals surface area contributed by atoms with E-state index in [1.54, 1.807) is 0 Å². The molecule has 1 aliphatic rings. The Kier molecular flexibility index (Phi) is 6.09. The molecule has 0 aliphatic carbocycles. The van der Waals surface area contributed by atoms with Crippen molar-refractivity contribution in [3.8, 4) is 0 Å². The topological polar surface area (TPSA) is 15.3 Å². The van der Waals surface area contributed by atoms with Crippen LogP contribution < -0.4 is 5.32 Å². The van der Waals surface area contributed by atoms with Crippen molar-refractivity contribution in [2.75, 3.05) is 19.6 Å². The quantitative estimate of drug-likeness (QED) is 0.823. The Morgan fingerprint density at radius 2 is 1.76 bits per heavy atom. The summed E-state index contributed by atoms with van der Waals surface area (Å²) in [5.74, 6) is 0. The number of benzene rings is 1. The van der Waals surface area contributed by atoms with Crippen LogP contribution in [-0.4, -0.2) is 30.1 Å². The molecule has 0 saturated carbocycles. The molecule has 1 fully saturated rings. The van der Waals surface area contributed by atoms with Gasteiger partial charge in [0, 0.05) is 10.6 Å². The maximum Gasteiger partial charge on any atom is 0.0504 e. The molecule has 0 bridgehead atoms. The summed E-state index contributed by atoms with van der Waals surface area (Å²) in [6.07, 6.45) is 5.18. The van der Waals surface area contributed by atoms with E-state index in [0.29, 0.717) is 6.04 Å². The third-order valence-electron chi connectivity index (χ3n) is 5.03. The van der Waals surface area contributed by atoms with Crippen LogP contribution >= 0.6 is 11.6 Å². The molecule has 2 nitrogen and oxygen atoms in total. The van der Waals surface area contributed by atoms with Crippen LogP contribution in [0.1, 0.15) is 58.1 Å². The van der Waals surface area contributed by atoms with Gasteiger partial charge in [-0.25, -0.2) is 0 Å². The average Bonchev–Trinajstić information content (AvgIpc) is 2.54. The second-order valence-corrected chi connectivity index (χ2v) is 6.74. The molecule has 1 aliphatic heterocycles. The first-order chi connectivity index (χ1) is 10.1. The van der Waals surface area contributed by atoms with Crippen molar-refractivity contribution in [2.45, 2.75) is 58.0 Å². The molecule has 3 heteroatoms. The molecular weight excluding hydrogens is 280 g/mol. The van der Waals surface area contributed by atoms with Gasteiger partial charge < -0.3 is 5.32 Å². The number of piperidine rings is 1. The van der Waals surface area contributed by atoms with E-state index < -0.39 is 0 Å². The van der Waals surface area contributed by atoms with Crippen LogP contribution in [0.25, 0.3) is 0 Å². The summed E-state index contributed by atoms with van der Waals surface area (Å²) in [5.41, 5.74) is 1.50. The van der Waals surface area contributed by atoms with Crippen molar-refractivity contribution in [1.29, 1.82) is 0 Å². The van der Waals surface area contributed by atoms with Gasteiger partial charge in [-0.3, -0.25) is 4.90 Å². The van der Waals surface area contributed by atoms with Crippen LogP contribution in [-0.2, 0) is 0 Å². The largest absolute Gasteiger partial charge is 0.309 e. The summed E-state index contributed by atoms with van der Waals surface area (Å²) >= 11 is 6.06. The van der Waals surface area contributed by atoms with E-state index in [4.69, 9.17) is 11.6 Å². The van der Waals surface area contributed by atoms with Gasteiger partial charge in [0.1, 0.15) is 0 Å². The van der Waals surface area contributed by atoms with E-state index in [0.717, 1.165) is 18.0 Å². The standard InChI is InChI=1S/C18H29ClN2/c1-4-18(3,21-13-7-6-8-14-21)17(20-5-2)15-9-11-16(19)12-10-15/h9-12,17,20H,4-8,13-14H2,1-3H3. The number of nitrogens with zero attached hydrogens (tertiary/aromatic N) is 1. The minimum Gasteiger partial charge on any atom is -0.309 e. The molecule has 0 aromatic heterocycles. The highest BCUT2D eigenvalue weighted by Crippen LogP contribution is 2.36. The third kappa shape index (κ3) is 3.80. The first kappa shape index (κ1) is 16.8. The molecule has 2 rings (SSSR count). The fraction of sp³-hybridized carbons (Fsp3) is 0.667. The Hall–Kier alpha value is -0.570. The maximum absolute atomic E-state index is 6.06. The van der Waals surface area contributed by atoms with E-state index in [-0.39, 0.29) is 5.54 Å². The average molecular weight is 309 g/mol. The van der Waals surface area contributed by atoms with E-state index in [1.165, 1.54) is 37.9 Å². The Morgan fingerprint density at radius 3 is 2.29 bits per heavy atom. The van der Waals surface area contributed by atoms with Gasteiger partial charge in [0.2, 0.25) is 0 Å². The first-order valence-electron chi connectivity index (χ1n) is 8.35. The van der Waals surface area contributed by atoms with Crippen LogP contribution in [0.15, 0.2) is 24.3 Å². The van der Waals surface area contributed by atoms with Gasteiger partial charge in [-0.05, 0) is 63.5 Å². The summed E-state index contributed by atoms with van der Waals surface area (Å²) in [5, 5.41) is 4.53. The zero-order chi connectivity index (χ0) is 15.3. The normalized spacial score (nSPS) is 21.0. The lowest BCUT2D eigenvalue weighted by Gasteiger charge is -2.48. The molecule has 1 N–H and O–H groups in total. The molecule has 0 radical (unpaired) electrons. The second-order valence-electron chi connectivity index (χ2n) is 6.30. The Bertz CT molecular complexity index is 425. The van der Waals surface area contributed by atoms with Crippen LogP contribution in [0.3, 0.4) is 0 Å². The van der Waals surface area contributed by atoms with Gasteiger partial charge in [-0.2, -0.15) is 0 Å². The second kappa shape index (κ2) is 7.62. The molecule has 0 amide bonds. The predicted molar refractivity (Wildman–Crippen MR) is 92.0 cm³/mol. The molecule has 1 saturated heterocycles. The Labute approximate surface area is 134 Å². The highest BCUT2D eigenvalue weighted by atomic mass is 35.5. The van der Waals surface area contributed by atoms with Crippen LogP contribution in [0, 0.1) is 0 Å². The van der Waals surface area contributed by atoms with Gasteiger partial charge in [0.05, 0.1) is 6.04 Å². The van der Waals surface area contributed by atoms with Crippen molar-refractivity contribution in [3.05, 3.63) is 34.9 Å². The number of rotatable bonds is 6. The van der Waals surface area contributed by atoms with Crippen molar-refractivity contribution in [1.82, 2.24) is 10.2 Å². The predicted octanol–water partition coefficient (Wildman–Crippen LogP) is 4.65. The summed E-state index contributed by atoms with van der Waals surface area (Å²) in [4.78, 5) is 2.69.